The first kappa shape index (κ1) is 11.1. The molecule has 2 rings (SSSR count). The van der Waals surface area contributed by atoms with Crippen molar-refractivity contribution < 1.29 is 0 Å². The molecule has 1 heterocycles. The van der Waals surface area contributed by atoms with E-state index in [1.54, 1.807) is 6.20 Å². The van der Waals surface area contributed by atoms with E-state index in [1.165, 1.54) is 19.3 Å². The van der Waals surface area contributed by atoms with Crippen molar-refractivity contribution in [2.24, 2.45) is 5.92 Å². The van der Waals surface area contributed by atoms with Crippen LogP contribution in [0.15, 0.2) is 10.7 Å². The minimum absolute atomic E-state index is 0.300. The number of halogens is 2. The van der Waals surface area contributed by atoms with Crippen LogP contribution < -0.4 is 4.90 Å². The van der Waals surface area contributed by atoms with Crippen molar-refractivity contribution in [2.75, 3.05) is 18.5 Å². The predicted octanol–water partition coefficient (Wildman–Crippen LogP) is 3.13. The predicted molar refractivity (Wildman–Crippen MR) is 65.4 cm³/mol. The van der Waals surface area contributed by atoms with E-state index in [9.17, 15) is 0 Å². The van der Waals surface area contributed by atoms with E-state index >= 15 is 0 Å². The molecular weight excluding hydrogens is 277 g/mol. The molecular formula is C10H13BrClN3. The third-order valence-electron chi connectivity index (χ3n) is 2.81. The van der Waals surface area contributed by atoms with Gasteiger partial charge in [-0.2, -0.15) is 4.98 Å². The van der Waals surface area contributed by atoms with E-state index in [0.29, 0.717) is 5.28 Å². The molecule has 1 fully saturated rings. The van der Waals surface area contributed by atoms with E-state index in [2.05, 4.69) is 30.8 Å². The molecule has 0 saturated heterocycles. The van der Waals surface area contributed by atoms with Gasteiger partial charge >= 0.3 is 0 Å². The van der Waals surface area contributed by atoms with Gasteiger partial charge in [-0.3, -0.25) is 0 Å². The first-order chi connectivity index (χ1) is 7.16. The maximum absolute atomic E-state index is 5.78. The molecule has 1 aliphatic rings. The molecule has 0 spiro atoms. The Morgan fingerprint density at radius 3 is 2.93 bits per heavy atom. The number of anilines is 1. The first-order valence-electron chi connectivity index (χ1n) is 5.06. The Morgan fingerprint density at radius 2 is 2.33 bits per heavy atom. The van der Waals surface area contributed by atoms with Gasteiger partial charge in [0.25, 0.3) is 0 Å². The smallest absolute Gasteiger partial charge is 0.224 e. The van der Waals surface area contributed by atoms with Crippen LogP contribution in [0.2, 0.25) is 5.28 Å². The van der Waals surface area contributed by atoms with E-state index in [4.69, 9.17) is 11.6 Å². The standard InChI is InChI=1S/C10H13BrClN3/c1-15(6-7-3-2-4-7)9-8(11)5-13-10(12)14-9/h5,7H,2-4,6H2,1H3. The van der Waals surface area contributed by atoms with E-state index in [0.717, 1.165) is 22.8 Å². The Bertz CT molecular complexity index is 355. The van der Waals surface area contributed by atoms with Gasteiger partial charge in [-0.15, -0.1) is 0 Å². The summed E-state index contributed by atoms with van der Waals surface area (Å²) in [4.78, 5) is 10.3. The molecule has 0 radical (unpaired) electrons. The Morgan fingerprint density at radius 1 is 1.60 bits per heavy atom. The van der Waals surface area contributed by atoms with Gasteiger partial charge in [0.1, 0.15) is 5.82 Å². The Kier molecular flexibility index (Phi) is 3.46. The van der Waals surface area contributed by atoms with Crippen molar-refractivity contribution in [3.63, 3.8) is 0 Å². The molecule has 0 atom stereocenters. The minimum Gasteiger partial charge on any atom is -0.358 e. The lowest BCUT2D eigenvalue weighted by atomic mass is 9.85. The molecule has 1 aromatic rings. The minimum atomic E-state index is 0.300. The van der Waals surface area contributed by atoms with Crippen LogP contribution in [-0.4, -0.2) is 23.6 Å². The summed E-state index contributed by atoms with van der Waals surface area (Å²) in [5.74, 6) is 1.69. The topological polar surface area (TPSA) is 29.0 Å². The molecule has 0 N–H and O–H groups in total. The second-order valence-corrected chi connectivity index (χ2v) is 5.18. The van der Waals surface area contributed by atoms with Gasteiger partial charge in [0.2, 0.25) is 5.28 Å². The number of hydrogen-bond donors (Lipinski definition) is 0. The quantitative estimate of drug-likeness (QED) is 0.801. The highest BCUT2D eigenvalue weighted by Crippen LogP contribution is 2.30. The second-order valence-electron chi connectivity index (χ2n) is 3.99. The van der Waals surface area contributed by atoms with Crippen molar-refractivity contribution >= 4 is 33.3 Å². The van der Waals surface area contributed by atoms with Crippen LogP contribution in [0.5, 0.6) is 0 Å². The first-order valence-corrected chi connectivity index (χ1v) is 6.23. The molecule has 1 saturated carbocycles. The lowest BCUT2D eigenvalue weighted by molar-refractivity contribution is 0.321. The Labute approximate surface area is 103 Å². The SMILES string of the molecule is CN(CC1CCC1)c1nc(Cl)ncc1Br. The summed E-state index contributed by atoms with van der Waals surface area (Å²) in [7, 11) is 2.04. The third kappa shape index (κ3) is 2.61. The Hall–Kier alpha value is -0.350. The summed E-state index contributed by atoms with van der Waals surface area (Å²) in [6.45, 7) is 1.05. The molecule has 0 aliphatic heterocycles. The lowest BCUT2D eigenvalue weighted by Gasteiger charge is -2.31. The fraction of sp³-hybridized carbons (Fsp3) is 0.600. The lowest BCUT2D eigenvalue weighted by Crippen LogP contribution is -2.30. The molecule has 0 unspecified atom stereocenters. The number of nitrogens with zero attached hydrogens (tertiary/aromatic N) is 3. The van der Waals surface area contributed by atoms with Crippen LogP contribution in [0.3, 0.4) is 0 Å². The molecule has 3 nitrogen and oxygen atoms in total. The van der Waals surface area contributed by atoms with Crippen molar-refractivity contribution in [3.8, 4) is 0 Å². The molecule has 82 valence electrons. The largest absolute Gasteiger partial charge is 0.358 e. The molecule has 15 heavy (non-hydrogen) atoms. The molecule has 5 heteroatoms. The summed E-state index contributed by atoms with van der Waals surface area (Å²) in [6, 6.07) is 0. The normalized spacial score (nSPS) is 16.2. The molecule has 1 aromatic heterocycles. The molecule has 0 bridgehead atoms. The average Bonchev–Trinajstić information content (AvgIpc) is 2.15. The van der Waals surface area contributed by atoms with Crippen LogP contribution >= 0.6 is 27.5 Å². The van der Waals surface area contributed by atoms with Crippen LogP contribution in [0.25, 0.3) is 0 Å². The van der Waals surface area contributed by atoms with Gasteiger partial charge in [0.05, 0.1) is 4.47 Å². The summed E-state index contributed by atoms with van der Waals surface area (Å²) in [6.07, 6.45) is 5.73. The van der Waals surface area contributed by atoms with Gasteiger partial charge in [-0.25, -0.2) is 4.98 Å². The van der Waals surface area contributed by atoms with Crippen LogP contribution in [0, 0.1) is 5.92 Å². The zero-order valence-corrected chi connectivity index (χ0v) is 10.9. The highest BCUT2D eigenvalue weighted by molar-refractivity contribution is 9.10. The van der Waals surface area contributed by atoms with Gasteiger partial charge in [0, 0.05) is 19.8 Å². The van der Waals surface area contributed by atoms with Crippen LogP contribution in [0.1, 0.15) is 19.3 Å². The Balaban J connectivity index is 2.09. The van der Waals surface area contributed by atoms with Crippen LogP contribution in [0.4, 0.5) is 5.82 Å². The second kappa shape index (κ2) is 4.66. The van der Waals surface area contributed by atoms with Gasteiger partial charge in [-0.1, -0.05) is 6.42 Å². The highest BCUT2D eigenvalue weighted by atomic mass is 79.9. The molecule has 0 aromatic carbocycles. The molecule has 1 aliphatic carbocycles. The summed E-state index contributed by atoms with van der Waals surface area (Å²) < 4.78 is 0.897. The van der Waals surface area contributed by atoms with E-state index < -0.39 is 0 Å². The van der Waals surface area contributed by atoms with Gasteiger partial charge in [0.15, 0.2) is 0 Å². The van der Waals surface area contributed by atoms with Gasteiger partial charge < -0.3 is 4.90 Å². The van der Waals surface area contributed by atoms with Crippen molar-refractivity contribution in [1.82, 2.24) is 9.97 Å². The number of aromatic nitrogens is 2. The summed E-state index contributed by atoms with van der Waals surface area (Å²) >= 11 is 9.21. The van der Waals surface area contributed by atoms with Crippen molar-refractivity contribution in [3.05, 3.63) is 16.0 Å². The fourth-order valence-corrected chi connectivity index (χ4v) is 2.38. The van der Waals surface area contributed by atoms with Gasteiger partial charge in [-0.05, 0) is 46.3 Å². The zero-order valence-electron chi connectivity index (χ0n) is 8.58. The maximum atomic E-state index is 5.78. The fourth-order valence-electron chi connectivity index (χ4n) is 1.75. The number of hydrogen-bond acceptors (Lipinski definition) is 3. The highest BCUT2D eigenvalue weighted by Gasteiger charge is 2.20. The number of rotatable bonds is 3. The average molecular weight is 291 g/mol. The van der Waals surface area contributed by atoms with Crippen LogP contribution in [-0.2, 0) is 0 Å². The zero-order chi connectivity index (χ0) is 10.8. The van der Waals surface area contributed by atoms with E-state index in [1.807, 2.05) is 7.05 Å². The molecule has 0 amide bonds. The summed E-state index contributed by atoms with van der Waals surface area (Å²) in [5, 5.41) is 0.300. The van der Waals surface area contributed by atoms with Crippen molar-refractivity contribution in [2.45, 2.75) is 19.3 Å². The third-order valence-corrected chi connectivity index (χ3v) is 3.56. The summed E-state index contributed by atoms with van der Waals surface area (Å²) in [5.41, 5.74) is 0. The maximum Gasteiger partial charge on any atom is 0.224 e. The van der Waals surface area contributed by atoms with Crippen molar-refractivity contribution in [1.29, 1.82) is 0 Å². The van der Waals surface area contributed by atoms with E-state index in [-0.39, 0.29) is 0 Å². The monoisotopic (exact) mass is 289 g/mol.